The third-order valence-corrected chi connectivity index (χ3v) is 1.94. The lowest BCUT2D eigenvalue weighted by Crippen LogP contribution is -2.18. The zero-order chi connectivity index (χ0) is 10.6. The minimum atomic E-state index is -0.168. The fourth-order valence-corrected chi connectivity index (χ4v) is 1.13. The van der Waals surface area contributed by atoms with Crippen LogP contribution in [0.2, 0.25) is 0 Å². The van der Waals surface area contributed by atoms with E-state index in [2.05, 4.69) is 10.6 Å². The lowest BCUT2D eigenvalue weighted by Gasteiger charge is -2.06. The minimum absolute atomic E-state index is 0.168. The third kappa shape index (κ3) is 2.10. The molecule has 74 valence electrons. The molecule has 14 heavy (non-hydrogen) atoms. The van der Waals surface area contributed by atoms with Crippen molar-refractivity contribution >= 4 is 18.0 Å². The Morgan fingerprint density at radius 1 is 1.43 bits per heavy atom. The second-order valence-electron chi connectivity index (χ2n) is 2.87. The molecule has 0 aliphatic rings. The van der Waals surface area contributed by atoms with Crippen LogP contribution in [0.15, 0.2) is 18.2 Å². The predicted octanol–water partition coefficient (Wildman–Crippen LogP) is 0.923. The van der Waals surface area contributed by atoms with E-state index in [9.17, 15) is 9.59 Å². The molecule has 0 radical (unpaired) electrons. The molecule has 2 amide bonds. The summed E-state index contributed by atoms with van der Waals surface area (Å²) in [5, 5.41) is 5.05. The summed E-state index contributed by atoms with van der Waals surface area (Å²) in [6, 6.07) is 5.14. The van der Waals surface area contributed by atoms with Crippen LogP contribution < -0.4 is 10.6 Å². The highest BCUT2D eigenvalue weighted by molar-refractivity contribution is 5.95. The Labute approximate surface area is 82.3 Å². The van der Waals surface area contributed by atoms with Crippen LogP contribution in [0.25, 0.3) is 0 Å². The van der Waals surface area contributed by atoms with Gasteiger partial charge in [0.05, 0.1) is 0 Å². The standard InChI is InChI=1S/C10H12N2O2/c1-7-3-4-8(10(14)11-2)5-9(7)12-6-13/h3-6H,1-2H3,(H,11,14)(H,12,13). The van der Waals surface area contributed by atoms with Crippen molar-refractivity contribution in [3.63, 3.8) is 0 Å². The first-order valence-electron chi connectivity index (χ1n) is 4.22. The fraction of sp³-hybridized carbons (Fsp3) is 0.200. The molecule has 0 bridgehead atoms. The average molecular weight is 192 g/mol. The number of hydrogen-bond donors (Lipinski definition) is 2. The van der Waals surface area contributed by atoms with Crippen LogP contribution >= 0.6 is 0 Å². The monoisotopic (exact) mass is 192 g/mol. The maximum absolute atomic E-state index is 11.3. The van der Waals surface area contributed by atoms with Crippen molar-refractivity contribution in [2.75, 3.05) is 12.4 Å². The van der Waals surface area contributed by atoms with Crippen molar-refractivity contribution in [3.8, 4) is 0 Å². The minimum Gasteiger partial charge on any atom is -0.355 e. The number of aryl methyl sites for hydroxylation is 1. The number of carbonyl (C=O) groups excluding carboxylic acids is 2. The third-order valence-electron chi connectivity index (χ3n) is 1.94. The normalized spacial score (nSPS) is 9.29. The van der Waals surface area contributed by atoms with Crippen LogP contribution in [0.4, 0.5) is 5.69 Å². The summed E-state index contributed by atoms with van der Waals surface area (Å²) in [6.07, 6.45) is 0.593. The Kier molecular flexibility index (Phi) is 3.23. The van der Waals surface area contributed by atoms with Crippen LogP contribution in [-0.4, -0.2) is 19.4 Å². The number of amides is 2. The van der Waals surface area contributed by atoms with E-state index < -0.39 is 0 Å². The molecule has 0 spiro atoms. The molecule has 0 heterocycles. The SMILES string of the molecule is CNC(=O)c1ccc(C)c(NC=O)c1. The van der Waals surface area contributed by atoms with E-state index in [1.54, 1.807) is 25.2 Å². The van der Waals surface area contributed by atoms with Gasteiger partial charge in [-0.25, -0.2) is 0 Å². The molecule has 0 saturated heterocycles. The van der Waals surface area contributed by atoms with Crippen LogP contribution in [0, 0.1) is 6.92 Å². The van der Waals surface area contributed by atoms with Gasteiger partial charge in [-0.3, -0.25) is 9.59 Å². The number of hydrogen-bond acceptors (Lipinski definition) is 2. The van der Waals surface area contributed by atoms with Gasteiger partial charge in [-0.15, -0.1) is 0 Å². The summed E-state index contributed by atoms with van der Waals surface area (Å²) < 4.78 is 0. The molecule has 1 rings (SSSR count). The quantitative estimate of drug-likeness (QED) is 0.700. The lowest BCUT2D eigenvalue weighted by molar-refractivity contribution is -0.105. The Balaban J connectivity index is 3.05. The molecule has 0 fully saturated rings. The maximum Gasteiger partial charge on any atom is 0.251 e. The molecular weight excluding hydrogens is 180 g/mol. The topological polar surface area (TPSA) is 58.2 Å². The molecule has 4 heteroatoms. The Morgan fingerprint density at radius 3 is 2.71 bits per heavy atom. The smallest absolute Gasteiger partial charge is 0.251 e. The van der Waals surface area contributed by atoms with E-state index >= 15 is 0 Å². The molecule has 4 nitrogen and oxygen atoms in total. The van der Waals surface area contributed by atoms with E-state index in [-0.39, 0.29) is 5.91 Å². The molecular formula is C10H12N2O2. The van der Waals surface area contributed by atoms with E-state index in [1.165, 1.54) is 0 Å². The van der Waals surface area contributed by atoms with E-state index in [0.29, 0.717) is 17.7 Å². The van der Waals surface area contributed by atoms with Crippen molar-refractivity contribution in [1.29, 1.82) is 0 Å². The zero-order valence-electron chi connectivity index (χ0n) is 8.13. The zero-order valence-corrected chi connectivity index (χ0v) is 8.13. The molecule has 2 N–H and O–H groups in total. The van der Waals surface area contributed by atoms with E-state index in [0.717, 1.165) is 5.56 Å². The van der Waals surface area contributed by atoms with Gasteiger partial charge in [-0.1, -0.05) is 6.07 Å². The lowest BCUT2D eigenvalue weighted by atomic mass is 10.1. The first kappa shape index (κ1) is 10.2. The van der Waals surface area contributed by atoms with Gasteiger partial charge in [0.1, 0.15) is 0 Å². The van der Waals surface area contributed by atoms with Gasteiger partial charge in [-0.2, -0.15) is 0 Å². The molecule has 1 aromatic carbocycles. The van der Waals surface area contributed by atoms with E-state index in [1.807, 2.05) is 6.92 Å². The van der Waals surface area contributed by atoms with Gasteiger partial charge >= 0.3 is 0 Å². The molecule has 0 unspecified atom stereocenters. The molecule has 1 aromatic rings. The summed E-state index contributed by atoms with van der Waals surface area (Å²) in [5.74, 6) is -0.168. The van der Waals surface area contributed by atoms with Gasteiger partial charge in [0.15, 0.2) is 0 Å². The number of anilines is 1. The van der Waals surface area contributed by atoms with Crippen molar-refractivity contribution in [1.82, 2.24) is 5.32 Å². The number of nitrogens with one attached hydrogen (secondary N) is 2. The first-order valence-corrected chi connectivity index (χ1v) is 4.22. The summed E-state index contributed by atoms with van der Waals surface area (Å²) in [4.78, 5) is 21.5. The van der Waals surface area contributed by atoms with Crippen molar-refractivity contribution < 1.29 is 9.59 Å². The summed E-state index contributed by atoms with van der Waals surface area (Å²) in [6.45, 7) is 1.86. The van der Waals surface area contributed by atoms with Crippen molar-refractivity contribution in [3.05, 3.63) is 29.3 Å². The summed E-state index contributed by atoms with van der Waals surface area (Å²) in [5.41, 5.74) is 2.10. The van der Waals surface area contributed by atoms with Gasteiger partial charge < -0.3 is 10.6 Å². The van der Waals surface area contributed by atoms with Crippen molar-refractivity contribution in [2.24, 2.45) is 0 Å². The second-order valence-corrected chi connectivity index (χ2v) is 2.87. The first-order chi connectivity index (χ1) is 6.69. The largest absolute Gasteiger partial charge is 0.355 e. The van der Waals surface area contributed by atoms with Crippen LogP contribution in [-0.2, 0) is 4.79 Å². The highest BCUT2D eigenvalue weighted by Crippen LogP contribution is 2.15. The van der Waals surface area contributed by atoms with Crippen LogP contribution in [0.1, 0.15) is 15.9 Å². The Hall–Kier alpha value is -1.84. The second kappa shape index (κ2) is 4.41. The van der Waals surface area contributed by atoms with Gasteiger partial charge in [0.2, 0.25) is 6.41 Å². The fourth-order valence-electron chi connectivity index (χ4n) is 1.13. The highest BCUT2D eigenvalue weighted by atomic mass is 16.1. The van der Waals surface area contributed by atoms with Gasteiger partial charge in [0.25, 0.3) is 5.91 Å². The Bertz CT molecular complexity index is 361. The number of carbonyl (C=O) groups is 2. The highest BCUT2D eigenvalue weighted by Gasteiger charge is 2.05. The molecule has 0 aliphatic carbocycles. The maximum atomic E-state index is 11.3. The molecule has 0 atom stereocenters. The molecule has 0 aromatic heterocycles. The summed E-state index contributed by atoms with van der Waals surface area (Å²) in [7, 11) is 1.56. The molecule has 0 saturated carbocycles. The van der Waals surface area contributed by atoms with Crippen LogP contribution in [0.3, 0.4) is 0 Å². The average Bonchev–Trinajstić information content (AvgIpc) is 2.20. The van der Waals surface area contributed by atoms with E-state index in [4.69, 9.17) is 0 Å². The van der Waals surface area contributed by atoms with Crippen molar-refractivity contribution in [2.45, 2.75) is 6.92 Å². The summed E-state index contributed by atoms with van der Waals surface area (Å²) >= 11 is 0. The van der Waals surface area contributed by atoms with Gasteiger partial charge in [-0.05, 0) is 24.6 Å². The molecule has 0 aliphatic heterocycles. The van der Waals surface area contributed by atoms with Crippen LogP contribution in [0.5, 0.6) is 0 Å². The van der Waals surface area contributed by atoms with Gasteiger partial charge in [0, 0.05) is 18.3 Å². The predicted molar refractivity (Wildman–Crippen MR) is 54.3 cm³/mol. The number of benzene rings is 1. The Morgan fingerprint density at radius 2 is 2.14 bits per heavy atom. The number of rotatable bonds is 3.